The topological polar surface area (TPSA) is 120 Å². The first-order valence-electron chi connectivity index (χ1n) is 9.69. The monoisotopic (exact) mass is 446 g/mol. The first kappa shape index (κ1) is 19.8. The molecule has 11 heteroatoms. The number of hydrogen-bond donors (Lipinski definition) is 1. The highest BCUT2D eigenvalue weighted by atomic mass is 32.2. The normalized spacial score (nSPS) is 11.7. The van der Waals surface area contributed by atoms with Gasteiger partial charge in [0.05, 0.1) is 16.8 Å². The van der Waals surface area contributed by atoms with Crippen LogP contribution in [0.4, 0.5) is 11.8 Å². The molecule has 0 unspecified atom stereocenters. The highest BCUT2D eigenvalue weighted by Gasteiger charge is 2.19. The average molecular weight is 446 g/mol. The van der Waals surface area contributed by atoms with Gasteiger partial charge in [-0.15, -0.1) is 10.2 Å². The predicted octanol–water partition coefficient (Wildman–Crippen LogP) is 2.64. The number of benzene rings is 1. The molecule has 160 valence electrons. The minimum atomic E-state index is -3.53. The van der Waals surface area contributed by atoms with E-state index in [0.717, 1.165) is 11.4 Å². The molecule has 4 aromatic heterocycles. The van der Waals surface area contributed by atoms with Gasteiger partial charge in [0.15, 0.2) is 21.3 Å². The van der Waals surface area contributed by atoms with Crippen LogP contribution in [0.2, 0.25) is 0 Å². The van der Waals surface area contributed by atoms with Gasteiger partial charge >= 0.3 is 0 Å². The Morgan fingerprint density at radius 1 is 1.00 bits per heavy atom. The molecule has 0 atom stereocenters. The molecule has 0 bridgehead atoms. The summed E-state index contributed by atoms with van der Waals surface area (Å²) in [5.74, 6) is 1.29. The van der Waals surface area contributed by atoms with Crippen molar-refractivity contribution in [1.29, 1.82) is 0 Å². The number of aryl methyl sites for hydroxylation is 1. The first-order chi connectivity index (χ1) is 15.5. The van der Waals surface area contributed by atoms with Gasteiger partial charge in [0.1, 0.15) is 11.6 Å². The van der Waals surface area contributed by atoms with E-state index >= 15 is 0 Å². The average Bonchev–Trinajstić information content (AvgIpc) is 3.40. The molecule has 1 N–H and O–H groups in total. The number of hydrogen-bond acceptors (Lipinski definition) is 8. The predicted molar refractivity (Wildman–Crippen MR) is 118 cm³/mol. The van der Waals surface area contributed by atoms with Crippen LogP contribution >= 0.6 is 0 Å². The smallest absolute Gasteiger partial charge is 0.228 e. The molecule has 0 saturated carbocycles. The standard InChI is InChI=1S/C21H18N8O2S/c1-28-18(8-11-23-28)25-21-22-10-7-17(24-21)15-9-12-29-19(13-15)26-27-20(29)14-32(30,31)16-5-3-2-4-6-16/h2-13H,14H2,1H3,(H,22,24,25). The lowest BCUT2D eigenvalue weighted by Crippen LogP contribution is -2.08. The van der Waals surface area contributed by atoms with Gasteiger partial charge in [-0.2, -0.15) is 5.10 Å². The zero-order chi connectivity index (χ0) is 22.1. The third kappa shape index (κ3) is 3.81. The number of sulfone groups is 1. The molecular formula is C21H18N8O2S. The van der Waals surface area contributed by atoms with Crippen LogP contribution in [-0.4, -0.2) is 42.8 Å². The van der Waals surface area contributed by atoms with Crippen molar-refractivity contribution < 1.29 is 8.42 Å². The molecule has 0 fully saturated rings. The SMILES string of the molecule is Cn1nccc1Nc1nccc(-c2ccn3c(CS(=O)(=O)c4ccccc4)nnc3c2)n1. The van der Waals surface area contributed by atoms with Crippen molar-refractivity contribution in [2.45, 2.75) is 10.6 Å². The largest absolute Gasteiger partial charge is 0.309 e. The van der Waals surface area contributed by atoms with E-state index in [4.69, 9.17) is 0 Å². The van der Waals surface area contributed by atoms with E-state index in [0.29, 0.717) is 23.1 Å². The van der Waals surface area contributed by atoms with E-state index in [1.807, 2.05) is 25.2 Å². The maximum Gasteiger partial charge on any atom is 0.228 e. The summed E-state index contributed by atoms with van der Waals surface area (Å²) in [7, 11) is -1.71. The van der Waals surface area contributed by atoms with Crippen molar-refractivity contribution in [3.8, 4) is 11.3 Å². The molecule has 5 aromatic rings. The third-order valence-corrected chi connectivity index (χ3v) is 6.54. The Morgan fingerprint density at radius 3 is 2.62 bits per heavy atom. The number of nitrogens with one attached hydrogen (secondary N) is 1. The van der Waals surface area contributed by atoms with E-state index in [-0.39, 0.29) is 10.6 Å². The number of rotatable bonds is 6. The van der Waals surface area contributed by atoms with Gasteiger partial charge in [-0.05, 0) is 30.3 Å². The lowest BCUT2D eigenvalue weighted by atomic mass is 10.2. The fraction of sp³-hybridized carbons (Fsp3) is 0.0952. The molecule has 0 saturated heterocycles. The number of anilines is 2. The quantitative estimate of drug-likeness (QED) is 0.423. The Bertz CT molecular complexity index is 1510. The Kier molecular flexibility index (Phi) is 4.86. The van der Waals surface area contributed by atoms with E-state index < -0.39 is 9.84 Å². The molecule has 0 aliphatic carbocycles. The van der Waals surface area contributed by atoms with Crippen LogP contribution in [0.3, 0.4) is 0 Å². The van der Waals surface area contributed by atoms with Gasteiger partial charge in [-0.3, -0.25) is 9.08 Å². The Labute approximate surface area is 183 Å². The molecule has 0 spiro atoms. The molecule has 10 nitrogen and oxygen atoms in total. The summed E-state index contributed by atoms with van der Waals surface area (Å²) in [4.78, 5) is 9.06. The highest BCUT2D eigenvalue weighted by molar-refractivity contribution is 7.90. The maximum atomic E-state index is 12.7. The van der Waals surface area contributed by atoms with Crippen LogP contribution in [0.15, 0.2) is 78.1 Å². The molecule has 0 amide bonds. The summed E-state index contributed by atoms with van der Waals surface area (Å²) in [5, 5.41) is 15.5. The van der Waals surface area contributed by atoms with Gasteiger partial charge in [0.25, 0.3) is 0 Å². The van der Waals surface area contributed by atoms with E-state index in [1.165, 1.54) is 0 Å². The summed E-state index contributed by atoms with van der Waals surface area (Å²) >= 11 is 0. The fourth-order valence-electron chi connectivity index (χ4n) is 3.27. The number of nitrogens with zero attached hydrogens (tertiary/aromatic N) is 7. The second-order valence-corrected chi connectivity index (χ2v) is 9.05. The number of aromatic nitrogens is 7. The van der Waals surface area contributed by atoms with Gasteiger partial charge in [0.2, 0.25) is 5.95 Å². The van der Waals surface area contributed by atoms with Gasteiger partial charge < -0.3 is 5.32 Å². The Balaban J connectivity index is 1.43. The summed E-state index contributed by atoms with van der Waals surface area (Å²) in [6.45, 7) is 0. The third-order valence-electron chi connectivity index (χ3n) is 4.91. The molecule has 32 heavy (non-hydrogen) atoms. The van der Waals surface area contributed by atoms with Crippen molar-refractivity contribution in [1.82, 2.24) is 34.3 Å². The van der Waals surface area contributed by atoms with E-state index in [2.05, 4.69) is 30.6 Å². The minimum Gasteiger partial charge on any atom is -0.309 e. The molecule has 0 aliphatic heterocycles. The fourth-order valence-corrected chi connectivity index (χ4v) is 4.55. The molecule has 1 aromatic carbocycles. The molecule has 0 aliphatic rings. The Morgan fingerprint density at radius 2 is 1.84 bits per heavy atom. The maximum absolute atomic E-state index is 12.7. The van der Waals surface area contributed by atoms with Crippen LogP contribution in [0.5, 0.6) is 0 Å². The summed E-state index contributed by atoms with van der Waals surface area (Å²) < 4.78 is 28.8. The summed E-state index contributed by atoms with van der Waals surface area (Å²) in [5.41, 5.74) is 2.02. The van der Waals surface area contributed by atoms with Crippen molar-refractivity contribution >= 4 is 27.3 Å². The zero-order valence-corrected chi connectivity index (χ0v) is 17.8. The summed E-state index contributed by atoms with van der Waals surface area (Å²) in [6, 6.07) is 15.6. The lowest BCUT2D eigenvalue weighted by molar-refractivity contribution is 0.593. The lowest BCUT2D eigenvalue weighted by Gasteiger charge is -2.07. The molecule has 0 radical (unpaired) electrons. The second kappa shape index (κ2) is 7.85. The van der Waals surface area contributed by atoms with Crippen LogP contribution in [0.1, 0.15) is 5.82 Å². The van der Waals surface area contributed by atoms with Crippen LogP contribution in [0.25, 0.3) is 16.9 Å². The minimum absolute atomic E-state index is 0.246. The van der Waals surface area contributed by atoms with Crippen LogP contribution in [0, 0.1) is 0 Å². The summed E-state index contributed by atoms with van der Waals surface area (Å²) in [6.07, 6.45) is 5.09. The zero-order valence-electron chi connectivity index (χ0n) is 17.0. The van der Waals surface area contributed by atoms with E-state index in [9.17, 15) is 8.42 Å². The molecular weight excluding hydrogens is 428 g/mol. The van der Waals surface area contributed by atoms with Gasteiger partial charge in [-0.1, -0.05) is 18.2 Å². The first-order valence-corrected chi connectivity index (χ1v) is 11.3. The van der Waals surface area contributed by atoms with Crippen molar-refractivity contribution in [2.75, 3.05) is 5.32 Å². The van der Waals surface area contributed by atoms with Crippen molar-refractivity contribution in [3.63, 3.8) is 0 Å². The second-order valence-electron chi connectivity index (χ2n) is 7.06. The van der Waals surface area contributed by atoms with E-state index in [1.54, 1.807) is 64.1 Å². The van der Waals surface area contributed by atoms with Crippen molar-refractivity contribution in [3.05, 3.63) is 79.0 Å². The highest BCUT2D eigenvalue weighted by Crippen LogP contribution is 2.22. The number of pyridine rings is 1. The van der Waals surface area contributed by atoms with Gasteiger partial charge in [-0.25, -0.2) is 18.4 Å². The Hall–Kier alpha value is -4.12. The van der Waals surface area contributed by atoms with Crippen molar-refractivity contribution in [2.24, 2.45) is 7.05 Å². The molecule has 5 rings (SSSR count). The van der Waals surface area contributed by atoms with Crippen LogP contribution < -0.4 is 5.32 Å². The van der Waals surface area contributed by atoms with Crippen LogP contribution in [-0.2, 0) is 22.6 Å². The molecule has 4 heterocycles. The van der Waals surface area contributed by atoms with Gasteiger partial charge in [0, 0.05) is 31.1 Å². The number of fused-ring (bicyclic) bond motifs is 1.